The first kappa shape index (κ1) is 12.2. The summed E-state index contributed by atoms with van der Waals surface area (Å²) in [6.45, 7) is 3.88. The van der Waals surface area contributed by atoms with Gasteiger partial charge in [0.2, 0.25) is 0 Å². The fourth-order valence-electron chi connectivity index (χ4n) is 1.66. The zero-order chi connectivity index (χ0) is 11.1. The van der Waals surface area contributed by atoms with E-state index in [1.807, 2.05) is 17.9 Å². The van der Waals surface area contributed by atoms with Crippen LogP contribution in [0.15, 0.2) is 12.4 Å². The summed E-state index contributed by atoms with van der Waals surface area (Å²) >= 11 is 0. The fraction of sp³-hybridized carbons (Fsp3) is 0.727. The first-order chi connectivity index (χ1) is 7.31. The fourth-order valence-corrected chi connectivity index (χ4v) is 1.66. The van der Waals surface area contributed by atoms with E-state index in [0.29, 0.717) is 6.04 Å². The maximum Gasteiger partial charge on any atom is 0.0537 e. The van der Waals surface area contributed by atoms with E-state index in [1.165, 1.54) is 5.56 Å². The van der Waals surface area contributed by atoms with Gasteiger partial charge in [0.25, 0.3) is 0 Å². The highest BCUT2D eigenvalue weighted by Gasteiger charge is 2.08. The molecule has 0 radical (unpaired) electrons. The van der Waals surface area contributed by atoms with Crippen LogP contribution in [0.1, 0.15) is 31.4 Å². The molecule has 0 aromatic carbocycles. The van der Waals surface area contributed by atoms with Crippen molar-refractivity contribution in [3.8, 4) is 0 Å². The molecule has 1 N–H and O–H groups in total. The monoisotopic (exact) mass is 211 g/mol. The molecule has 1 unspecified atom stereocenters. The SMILES string of the molecule is CCC(NC)c1cnn(CCCOC)c1. The molecule has 15 heavy (non-hydrogen) atoms. The topological polar surface area (TPSA) is 39.1 Å². The molecule has 1 rings (SSSR count). The molecule has 1 atom stereocenters. The van der Waals surface area contributed by atoms with Crippen LogP contribution in [0.3, 0.4) is 0 Å². The molecule has 0 aliphatic carbocycles. The second kappa shape index (κ2) is 6.58. The van der Waals surface area contributed by atoms with Gasteiger partial charge in [0, 0.05) is 38.1 Å². The third-order valence-electron chi connectivity index (χ3n) is 2.55. The van der Waals surface area contributed by atoms with E-state index in [0.717, 1.165) is 26.0 Å². The van der Waals surface area contributed by atoms with Crippen molar-refractivity contribution < 1.29 is 4.74 Å². The van der Waals surface area contributed by atoms with Gasteiger partial charge in [-0.3, -0.25) is 4.68 Å². The maximum atomic E-state index is 5.01. The van der Waals surface area contributed by atoms with E-state index in [4.69, 9.17) is 4.74 Å². The summed E-state index contributed by atoms with van der Waals surface area (Å²) in [6, 6.07) is 0.418. The Bertz CT molecular complexity index is 269. The van der Waals surface area contributed by atoms with Crippen LogP contribution >= 0.6 is 0 Å². The Morgan fingerprint density at radius 3 is 3.00 bits per heavy atom. The van der Waals surface area contributed by atoms with Crippen molar-refractivity contribution >= 4 is 0 Å². The number of hydrogen-bond donors (Lipinski definition) is 1. The van der Waals surface area contributed by atoms with Crippen molar-refractivity contribution in [2.75, 3.05) is 20.8 Å². The van der Waals surface area contributed by atoms with Crippen molar-refractivity contribution in [2.24, 2.45) is 0 Å². The van der Waals surface area contributed by atoms with Gasteiger partial charge in [-0.2, -0.15) is 5.10 Å². The van der Waals surface area contributed by atoms with Crippen molar-refractivity contribution in [2.45, 2.75) is 32.4 Å². The maximum absolute atomic E-state index is 5.01. The minimum absolute atomic E-state index is 0.418. The number of nitrogens with zero attached hydrogens (tertiary/aromatic N) is 2. The molecule has 1 aromatic heterocycles. The van der Waals surface area contributed by atoms with Gasteiger partial charge in [-0.25, -0.2) is 0 Å². The van der Waals surface area contributed by atoms with Crippen molar-refractivity contribution in [3.05, 3.63) is 18.0 Å². The summed E-state index contributed by atoms with van der Waals surface area (Å²) < 4.78 is 6.99. The average molecular weight is 211 g/mol. The number of methoxy groups -OCH3 is 1. The summed E-state index contributed by atoms with van der Waals surface area (Å²) in [7, 11) is 3.71. The van der Waals surface area contributed by atoms with Gasteiger partial charge in [0.05, 0.1) is 6.20 Å². The molecular weight excluding hydrogens is 190 g/mol. The molecule has 4 heteroatoms. The molecule has 86 valence electrons. The molecule has 0 saturated heterocycles. The lowest BCUT2D eigenvalue weighted by molar-refractivity contribution is 0.189. The van der Waals surface area contributed by atoms with E-state index in [9.17, 15) is 0 Å². The Kier molecular flexibility index (Phi) is 5.36. The summed E-state index contributed by atoms with van der Waals surface area (Å²) in [5.74, 6) is 0. The van der Waals surface area contributed by atoms with E-state index < -0.39 is 0 Å². The molecule has 0 bridgehead atoms. The largest absolute Gasteiger partial charge is 0.385 e. The van der Waals surface area contributed by atoms with Crippen LogP contribution in [0, 0.1) is 0 Å². The highest BCUT2D eigenvalue weighted by atomic mass is 16.5. The summed E-state index contributed by atoms with van der Waals surface area (Å²) in [5.41, 5.74) is 1.26. The number of aromatic nitrogens is 2. The Morgan fingerprint density at radius 2 is 2.40 bits per heavy atom. The summed E-state index contributed by atoms with van der Waals surface area (Å²) in [5, 5.41) is 7.60. The lowest BCUT2D eigenvalue weighted by Gasteiger charge is -2.10. The smallest absolute Gasteiger partial charge is 0.0537 e. The van der Waals surface area contributed by atoms with Crippen LogP contribution in [0.4, 0.5) is 0 Å². The standard InChI is InChI=1S/C11H21N3O/c1-4-11(12-2)10-8-13-14(9-10)6-5-7-15-3/h8-9,11-12H,4-7H2,1-3H3. The minimum atomic E-state index is 0.418. The molecule has 1 heterocycles. The third kappa shape index (κ3) is 3.64. The summed E-state index contributed by atoms with van der Waals surface area (Å²) in [6.07, 6.45) is 6.14. The van der Waals surface area contributed by atoms with Crippen LogP contribution in [0.25, 0.3) is 0 Å². The van der Waals surface area contributed by atoms with Gasteiger partial charge in [-0.15, -0.1) is 0 Å². The number of ether oxygens (including phenoxy) is 1. The normalized spacial score (nSPS) is 13.0. The van der Waals surface area contributed by atoms with Gasteiger partial charge in [0.15, 0.2) is 0 Å². The van der Waals surface area contributed by atoms with E-state index in [-0.39, 0.29) is 0 Å². The third-order valence-corrected chi connectivity index (χ3v) is 2.55. The van der Waals surface area contributed by atoms with E-state index in [1.54, 1.807) is 7.11 Å². The van der Waals surface area contributed by atoms with Crippen LogP contribution < -0.4 is 5.32 Å². The van der Waals surface area contributed by atoms with Gasteiger partial charge < -0.3 is 10.1 Å². The first-order valence-corrected chi connectivity index (χ1v) is 5.50. The Hall–Kier alpha value is -0.870. The Balaban J connectivity index is 2.47. The van der Waals surface area contributed by atoms with Gasteiger partial charge >= 0.3 is 0 Å². The van der Waals surface area contributed by atoms with Crippen molar-refractivity contribution in [1.29, 1.82) is 0 Å². The van der Waals surface area contributed by atoms with Crippen LogP contribution in [-0.2, 0) is 11.3 Å². The molecule has 0 aliphatic rings. The molecule has 0 saturated carbocycles. The quantitative estimate of drug-likeness (QED) is 0.696. The molecule has 4 nitrogen and oxygen atoms in total. The van der Waals surface area contributed by atoms with Crippen LogP contribution in [0.5, 0.6) is 0 Å². The zero-order valence-corrected chi connectivity index (χ0v) is 9.86. The number of hydrogen-bond acceptors (Lipinski definition) is 3. The van der Waals surface area contributed by atoms with E-state index >= 15 is 0 Å². The Labute approximate surface area is 91.6 Å². The lowest BCUT2D eigenvalue weighted by Crippen LogP contribution is -2.14. The van der Waals surface area contributed by atoms with Crippen molar-refractivity contribution in [3.63, 3.8) is 0 Å². The van der Waals surface area contributed by atoms with Crippen molar-refractivity contribution in [1.82, 2.24) is 15.1 Å². The number of aryl methyl sites for hydroxylation is 1. The average Bonchev–Trinajstić information content (AvgIpc) is 2.69. The zero-order valence-electron chi connectivity index (χ0n) is 9.86. The lowest BCUT2D eigenvalue weighted by atomic mass is 10.1. The molecule has 1 aromatic rings. The highest BCUT2D eigenvalue weighted by Crippen LogP contribution is 2.14. The van der Waals surface area contributed by atoms with Gasteiger partial charge in [-0.05, 0) is 19.9 Å². The molecule has 0 spiro atoms. The molecule has 0 aliphatic heterocycles. The number of nitrogens with one attached hydrogen (secondary N) is 1. The van der Waals surface area contributed by atoms with E-state index in [2.05, 4.69) is 23.5 Å². The second-order valence-corrected chi connectivity index (χ2v) is 3.63. The minimum Gasteiger partial charge on any atom is -0.385 e. The summed E-state index contributed by atoms with van der Waals surface area (Å²) in [4.78, 5) is 0. The van der Waals surface area contributed by atoms with Gasteiger partial charge in [0.1, 0.15) is 0 Å². The van der Waals surface area contributed by atoms with Crippen LogP contribution in [-0.4, -0.2) is 30.5 Å². The predicted molar refractivity (Wildman–Crippen MR) is 60.8 cm³/mol. The number of rotatable bonds is 7. The highest BCUT2D eigenvalue weighted by molar-refractivity contribution is 5.09. The Morgan fingerprint density at radius 1 is 1.60 bits per heavy atom. The second-order valence-electron chi connectivity index (χ2n) is 3.63. The molecule has 0 fully saturated rings. The molecular formula is C11H21N3O. The first-order valence-electron chi connectivity index (χ1n) is 5.50. The van der Waals surface area contributed by atoms with Gasteiger partial charge in [-0.1, -0.05) is 6.92 Å². The van der Waals surface area contributed by atoms with Crippen LogP contribution in [0.2, 0.25) is 0 Å². The molecule has 0 amide bonds. The predicted octanol–water partition coefficient (Wildman–Crippen LogP) is 1.59.